The molecule has 1 aromatic carbocycles. The van der Waals surface area contributed by atoms with Crippen molar-refractivity contribution < 1.29 is 9.53 Å². The molecule has 0 aliphatic carbocycles. The maximum absolute atomic E-state index is 12.6. The number of piperidine rings is 1. The van der Waals surface area contributed by atoms with Crippen molar-refractivity contribution in [2.45, 2.75) is 38.9 Å². The third-order valence-corrected chi connectivity index (χ3v) is 5.33. The Bertz CT molecular complexity index is 766. The van der Waals surface area contributed by atoms with Crippen LogP contribution in [0.1, 0.15) is 36.2 Å². The molecule has 138 valence electrons. The van der Waals surface area contributed by atoms with Crippen LogP contribution >= 0.6 is 0 Å². The number of fused-ring (bicyclic) bond motifs is 1. The van der Waals surface area contributed by atoms with Crippen LogP contribution in [0.4, 0.5) is 0 Å². The zero-order valence-electron chi connectivity index (χ0n) is 15.4. The Morgan fingerprint density at radius 2 is 1.88 bits per heavy atom. The van der Waals surface area contributed by atoms with Crippen LogP contribution < -0.4 is 4.74 Å². The summed E-state index contributed by atoms with van der Waals surface area (Å²) in [6.07, 6.45) is 3.88. The summed E-state index contributed by atoms with van der Waals surface area (Å²) in [7, 11) is 1.98. The third-order valence-electron chi connectivity index (χ3n) is 5.33. The second-order valence-corrected chi connectivity index (χ2v) is 7.18. The molecule has 0 N–H and O–H groups in total. The number of rotatable bonds is 5. The zero-order chi connectivity index (χ0) is 17.9. The molecule has 6 nitrogen and oxygen atoms in total. The van der Waals surface area contributed by atoms with E-state index in [1.165, 1.54) is 24.8 Å². The van der Waals surface area contributed by atoms with Crippen LogP contribution in [-0.2, 0) is 31.5 Å². The molecule has 0 unspecified atom stereocenters. The smallest absolute Gasteiger partial charge is 0.261 e. The maximum atomic E-state index is 12.6. The lowest BCUT2D eigenvalue weighted by molar-refractivity contribution is -0.134. The second kappa shape index (κ2) is 7.50. The van der Waals surface area contributed by atoms with Gasteiger partial charge in [-0.3, -0.25) is 14.4 Å². The van der Waals surface area contributed by atoms with E-state index in [4.69, 9.17) is 9.84 Å². The molecule has 2 aromatic rings. The molecule has 2 aliphatic heterocycles. The quantitative estimate of drug-likeness (QED) is 0.827. The van der Waals surface area contributed by atoms with Gasteiger partial charge in [-0.2, -0.15) is 5.10 Å². The van der Waals surface area contributed by atoms with Crippen LogP contribution in [0.15, 0.2) is 30.3 Å². The van der Waals surface area contributed by atoms with Crippen molar-refractivity contribution in [1.29, 1.82) is 0 Å². The molecule has 1 fully saturated rings. The number of aryl methyl sites for hydroxylation is 1. The molecule has 0 bridgehead atoms. The Labute approximate surface area is 154 Å². The number of carbonyl (C=O) groups is 1. The number of aromatic nitrogens is 2. The Kier molecular flexibility index (Phi) is 4.93. The van der Waals surface area contributed by atoms with E-state index in [0.717, 1.165) is 36.8 Å². The Hall–Kier alpha value is -2.34. The van der Waals surface area contributed by atoms with E-state index in [0.29, 0.717) is 13.1 Å². The maximum Gasteiger partial charge on any atom is 0.261 e. The van der Waals surface area contributed by atoms with Gasteiger partial charge < -0.3 is 9.64 Å². The molecule has 0 radical (unpaired) electrons. The van der Waals surface area contributed by atoms with Gasteiger partial charge in [0, 0.05) is 25.7 Å². The summed E-state index contributed by atoms with van der Waals surface area (Å²) in [6, 6.07) is 9.48. The van der Waals surface area contributed by atoms with E-state index in [9.17, 15) is 4.79 Å². The van der Waals surface area contributed by atoms with Crippen molar-refractivity contribution in [3.8, 4) is 5.75 Å². The van der Waals surface area contributed by atoms with E-state index in [1.54, 1.807) is 0 Å². The van der Waals surface area contributed by atoms with Crippen molar-refractivity contribution in [1.82, 2.24) is 19.6 Å². The van der Waals surface area contributed by atoms with Gasteiger partial charge in [0.15, 0.2) is 6.61 Å². The standard InChI is InChI=1S/C20H26N4O2/c1-22-19-14-24(20(25)15-26-16-8-4-2-5-9-16)12-17(19)18(21-22)13-23-10-6-3-7-11-23/h2,4-5,8-9H,3,6-7,10-15H2,1H3. The molecule has 0 atom stereocenters. The highest BCUT2D eigenvalue weighted by atomic mass is 16.5. The Balaban J connectivity index is 1.38. The lowest BCUT2D eigenvalue weighted by atomic mass is 10.1. The van der Waals surface area contributed by atoms with Gasteiger partial charge in [0.25, 0.3) is 5.91 Å². The van der Waals surface area contributed by atoms with Gasteiger partial charge in [-0.05, 0) is 38.1 Å². The van der Waals surface area contributed by atoms with E-state index >= 15 is 0 Å². The average Bonchev–Trinajstić information content (AvgIpc) is 3.23. The number of likely N-dealkylation sites (tertiary alicyclic amines) is 1. The fourth-order valence-electron chi connectivity index (χ4n) is 3.86. The molecule has 3 heterocycles. The fourth-order valence-corrected chi connectivity index (χ4v) is 3.86. The minimum absolute atomic E-state index is 0.0222. The molecule has 1 aromatic heterocycles. The normalized spacial score (nSPS) is 17.3. The van der Waals surface area contributed by atoms with Gasteiger partial charge in [-0.15, -0.1) is 0 Å². The predicted molar refractivity (Wildman–Crippen MR) is 98.5 cm³/mol. The first-order valence-electron chi connectivity index (χ1n) is 9.42. The summed E-state index contributed by atoms with van der Waals surface area (Å²) in [5.74, 6) is 0.749. The van der Waals surface area contributed by atoms with Gasteiger partial charge >= 0.3 is 0 Å². The SMILES string of the molecule is Cn1nc(CN2CCCCC2)c2c1CN(C(=O)COc1ccccc1)C2. The first-order chi connectivity index (χ1) is 12.7. The Morgan fingerprint density at radius 1 is 1.12 bits per heavy atom. The second-order valence-electron chi connectivity index (χ2n) is 7.18. The molecular formula is C20H26N4O2. The van der Waals surface area contributed by atoms with Crippen molar-refractivity contribution in [2.75, 3.05) is 19.7 Å². The Morgan fingerprint density at radius 3 is 2.65 bits per heavy atom. The molecular weight excluding hydrogens is 328 g/mol. The molecule has 0 saturated carbocycles. The minimum atomic E-state index is 0.0222. The number of nitrogens with zero attached hydrogens (tertiary/aromatic N) is 4. The van der Waals surface area contributed by atoms with E-state index in [2.05, 4.69) is 4.90 Å². The number of benzene rings is 1. The van der Waals surface area contributed by atoms with Crippen molar-refractivity contribution in [3.05, 3.63) is 47.3 Å². The summed E-state index contributed by atoms with van der Waals surface area (Å²) in [6.45, 7) is 4.54. The number of hydrogen-bond acceptors (Lipinski definition) is 4. The summed E-state index contributed by atoms with van der Waals surface area (Å²) < 4.78 is 7.56. The van der Waals surface area contributed by atoms with Crippen LogP contribution in [0, 0.1) is 0 Å². The number of amides is 1. The van der Waals surface area contributed by atoms with Crippen molar-refractivity contribution in [2.24, 2.45) is 7.05 Å². The third kappa shape index (κ3) is 3.60. The first-order valence-corrected chi connectivity index (χ1v) is 9.42. The van der Waals surface area contributed by atoms with Crippen LogP contribution in [0.25, 0.3) is 0 Å². The lowest BCUT2D eigenvalue weighted by Crippen LogP contribution is -2.32. The summed E-state index contributed by atoms with van der Waals surface area (Å²) in [5.41, 5.74) is 3.51. The molecule has 26 heavy (non-hydrogen) atoms. The summed E-state index contributed by atoms with van der Waals surface area (Å²) in [4.78, 5) is 16.9. The van der Waals surface area contributed by atoms with Gasteiger partial charge in [0.05, 0.1) is 17.9 Å². The number of carbonyl (C=O) groups excluding carboxylic acids is 1. The largest absolute Gasteiger partial charge is 0.484 e. The van der Waals surface area contributed by atoms with E-state index in [1.807, 2.05) is 47.0 Å². The topological polar surface area (TPSA) is 50.6 Å². The van der Waals surface area contributed by atoms with Crippen molar-refractivity contribution in [3.63, 3.8) is 0 Å². The highest BCUT2D eigenvalue weighted by Gasteiger charge is 2.30. The number of para-hydroxylation sites is 1. The lowest BCUT2D eigenvalue weighted by Gasteiger charge is -2.26. The molecule has 0 spiro atoms. The highest BCUT2D eigenvalue weighted by molar-refractivity contribution is 5.78. The fraction of sp³-hybridized carbons (Fsp3) is 0.500. The summed E-state index contributed by atoms with van der Waals surface area (Å²) in [5, 5.41) is 4.72. The van der Waals surface area contributed by atoms with E-state index < -0.39 is 0 Å². The first kappa shape index (κ1) is 17.1. The number of hydrogen-bond donors (Lipinski definition) is 0. The molecule has 4 rings (SSSR count). The van der Waals surface area contributed by atoms with Crippen LogP contribution in [0.5, 0.6) is 5.75 Å². The van der Waals surface area contributed by atoms with E-state index in [-0.39, 0.29) is 12.5 Å². The predicted octanol–water partition coefficient (Wildman–Crippen LogP) is 2.33. The highest BCUT2D eigenvalue weighted by Crippen LogP contribution is 2.27. The average molecular weight is 354 g/mol. The zero-order valence-corrected chi connectivity index (χ0v) is 15.4. The molecule has 1 saturated heterocycles. The van der Waals surface area contributed by atoms with Gasteiger partial charge in [-0.1, -0.05) is 24.6 Å². The number of ether oxygens (including phenoxy) is 1. The molecule has 6 heteroatoms. The summed E-state index contributed by atoms with van der Waals surface area (Å²) >= 11 is 0. The van der Waals surface area contributed by atoms with Crippen LogP contribution in [0.3, 0.4) is 0 Å². The minimum Gasteiger partial charge on any atom is -0.484 e. The molecule has 1 amide bonds. The van der Waals surface area contributed by atoms with Crippen molar-refractivity contribution >= 4 is 5.91 Å². The van der Waals surface area contributed by atoms with Crippen LogP contribution in [0.2, 0.25) is 0 Å². The van der Waals surface area contributed by atoms with Gasteiger partial charge in [0.2, 0.25) is 0 Å². The van der Waals surface area contributed by atoms with Crippen LogP contribution in [-0.4, -0.2) is 45.2 Å². The van der Waals surface area contributed by atoms with Gasteiger partial charge in [0.1, 0.15) is 5.75 Å². The monoisotopic (exact) mass is 354 g/mol. The van der Waals surface area contributed by atoms with Gasteiger partial charge in [-0.25, -0.2) is 0 Å². The molecule has 2 aliphatic rings.